The second-order valence-corrected chi connectivity index (χ2v) is 3.74. The Bertz CT molecular complexity index is 492. The summed E-state index contributed by atoms with van der Waals surface area (Å²) in [5, 5.41) is 4.17. The van der Waals surface area contributed by atoms with Crippen LogP contribution in [0.4, 0.5) is 5.69 Å². The number of anilines is 1. The van der Waals surface area contributed by atoms with Crippen molar-refractivity contribution in [1.29, 1.82) is 0 Å². The van der Waals surface area contributed by atoms with E-state index in [1.54, 1.807) is 6.21 Å². The van der Waals surface area contributed by atoms with Gasteiger partial charge in [-0.1, -0.05) is 18.2 Å². The molecule has 0 spiro atoms. The van der Waals surface area contributed by atoms with Crippen molar-refractivity contribution in [2.75, 3.05) is 12.0 Å². The molecule has 0 aliphatic heterocycles. The molecule has 1 N–H and O–H groups in total. The maximum atomic E-state index is 5.37. The van der Waals surface area contributed by atoms with Crippen molar-refractivity contribution in [3.05, 3.63) is 60.2 Å². The fourth-order valence-corrected chi connectivity index (χ4v) is 1.51. The molecule has 0 bridgehead atoms. The highest BCUT2D eigenvalue weighted by Gasteiger charge is 1.92. The molecule has 18 heavy (non-hydrogen) atoms. The first kappa shape index (κ1) is 12.2. The van der Waals surface area contributed by atoms with Gasteiger partial charge in [-0.25, -0.2) is 0 Å². The molecule has 0 radical (unpaired) electrons. The van der Waals surface area contributed by atoms with Gasteiger partial charge < -0.3 is 4.74 Å². The van der Waals surface area contributed by atoms with Gasteiger partial charge in [0.15, 0.2) is 0 Å². The summed E-state index contributed by atoms with van der Waals surface area (Å²) in [6.45, 7) is 2.65. The Hall–Kier alpha value is -2.29. The summed E-state index contributed by atoms with van der Waals surface area (Å²) in [6, 6.07) is 17.7. The van der Waals surface area contributed by atoms with Crippen LogP contribution in [0.15, 0.2) is 59.7 Å². The third-order valence-corrected chi connectivity index (χ3v) is 2.37. The zero-order chi connectivity index (χ0) is 12.6. The van der Waals surface area contributed by atoms with Gasteiger partial charge in [-0.05, 0) is 48.9 Å². The average Bonchev–Trinajstić information content (AvgIpc) is 2.42. The number of nitrogens with one attached hydrogen (secondary N) is 1. The van der Waals surface area contributed by atoms with Crippen molar-refractivity contribution in [2.45, 2.75) is 6.92 Å². The van der Waals surface area contributed by atoms with Crippen LogP contribution in [0.5, 0.6) is 5.75 Å². The van der Waals surface area contributed by atoms with E-state index in [4.69, 9.17) is 4.74 Å². The molecule has 92 valence electrons. The molecule has 0 aliphatic rings. The van der Waals surface area contributed by atoms with Gasteiger partial charge >= 0.3 is 0 Å². The number of rotatable bonds is 5. The number of para-hydroxylation sites is 1. The molecular formula is C15H16N2O. The predicted octanol–water partition coefficient (Wildman–Crippen LogP) is 3.53. The SMILES string of the molecule is CCOc1ccc(/C=N\Nc2ccccc2)cc1. The maximum absolute atomic E-state index is 5.37. The lowest BCUT2D eigenvalue weighted by Crippen LogP contribution is -1.92. The van der Waals surface area contributed by atoms with Crippen LogP contribution in [0, 0.1) is 0 Å². The summed E-state index contributed by atoms with van der Waals surface area (Å²) in [7, 11) is 0. The Kier molecular flexibility index (Phi) is 4.36. The standard InChI is InChI=1S/C15H16N2O/c1-2-18-15-10-8-13(9-11-15)12-16-17-14-6-4-3-5-7-14/h3-12,17H,2H2,1H3/b16-12-. The van der Waals surface area contributed by atoms with E-state index in [-0.39, 0.29) is 0 Å². The molecule has 2 aromatic carbocycles. The van der Waals surface area contributed by atoms with Gasteiger partial charge in [-0.2, -0.15) is 5.10 Å². The Balaban J connectivity index is 1.93. The van der Waals surface area contributed by atoms with Gasteiger partial charge in [-0.15, -0.1) is 0 Å². The lowest BCUT2D eigenvalue weighted by Gasteiger charge is -2.02. The molecule has 0 aromatic heterocycles. The fraction of sp³-hybridized carbons (Fsp3) is 0.133. The van der Waals surface area contributed by atoms with Crippen molar-refractivity contribution >= 4 is 11.9 Å². The normalized spacial score (nSPS) is 10.5. The van der Waals surface area contributed by atoms with Crippen molar-refractivity contribution in [2.24, 2.45) is 5.10 Å². The summed E-state index contributed by atoms with van der Waals surface area (Å²) >= 11 is 0. The van der Waals surface area contributed by atoms with E-state index in [1.807, 2.05) is 61.5 Å². The van der Waals surface area contributed by atoms with E-state index in [0.29, 0.717) is 6.61 Å². The quantitative estimate of drug-likeness (QED) is 0.640. The highest BCUT2D eigenvalue weighted by molar-refractivity contribution is 5.80. The van der Waals surface area contributed by atoms with E-state index in [0.717, 1.165) is 17.0 Å². The lowest BCUT2D eigenvalue weighted by atomic mass is 10.2. The number of nitrogens with zero attached hydrogens (tertiary/aromatic N) is 1. The minimum atomic E-state index is 0.684. The van der Waals surface area contributed by atoms with Crippen LogP contribution >= 0.6 is 0 Å². The van der Waals surface area contributed by atoms with Crippen LogP contribution in [0.25, 0.3) is 0 Å². The smallest absolute Gasteiger partial charge is 0.119 e. The van der Waals surface area contributed by atoms with Crippen molar-refractivity contribution in [3.8, 4) is 5.75 Å². The highest BCUT2D eigenvalue weighted by Crippen LogP contribution is 2.11. The zero-order valence-electron chi connectivity index (χ0n) is 10.3. The summed E-state index contributed by atoms with van der Waals surface area (Å²) in [4.78, 5) is 0. The van der Waals surface area contributed by atoms with E-state index >= 15 is 0 Å². The number of ether oxygens (including phenoxy) is 1. The number of hydrogen-bond donors (Lipinski definition) is 1. The fourth-order valence-electron chi connectivity index (χ4n) is 1.51. The third-order valence-electron chi connectivity index (χ3n) is 2.37. The van der Waals surface area contributed by atoms with Crippen molar-refractivity contribution in [1.82, 2.24) is 0 Å². The first-order chi connectivity index (χ1) is 8.88. The highest BCUT2D eigenvalue weighted by atomic mass is 16.5. The van der Waals surface area contributed by atoms with E-state index in [1.165, 1.54) is 0 Å². The van der Waals surface area contributed by atoms with Crippen LogP contribution in [-0.4, -0.2) is 12.8 Å². The molecule has 0 amide bonds. The van der Waals surface area contributed by atoms with Crippen LogP contribution in [0.3, 0.4) is 0 Å². The third kappa shape index (κ3) is 3.63. The van der Waals surface area contributed by atoms with Gasteiger partial charge in [0, 0.05) is 0 Å². The molecule has 2 rings (SSSR count). The van der Waals surface area contributed by atoms with Gasteiger partial charge in [0.05, 0.1) is 18.5 Å². The molecule has 0 heterocycles. The largest absolute Gasteiger partial charge is 0.494 e. The minimum absolute atomic E-state index is 0.684. The van der Waals surface area contributed by atoms with Crippen LogP contribution in [0.1, 0.15) is 12.5 Å². The molecule has 3 heteroatoms. The molecule has 0 atom stereocenters. The zero-order valence-corrected chi connectivity index (χ0v) is 10.3. The van der Waals surface area contributed by atoms with E-state index < -0.39 is 0 Å². The maximum Gasteiger partial charge on any atom is 0.119 e. The molecule has 0 aliphatic carbocycles. The van der Waals surface area contributed by atoms with Gasteiger partial charge in [-0.3, -0.25) is 5.43 Å². The summed E-state index contributed by atoms with van der Waals surface area (Å²) < 4.78 is 5.37. The number of benzene rings is 2. The van der Waals surface area contributed by atoms with Crippen molar-refractivity contribution < 1.29 is 4.74 Å². The summed E-state index contributed by atoms with van der Waals surface area (Å²) in [6.07, 6.45) is 1.78. The number of hydrazone groups is 1. The Morgan fingerprint density at radius 3 is 2.44 bits per heavy atom. The van der Waals surface area contributed by atoms with E-state index in [2.05, 4.69) is 10.5 Å². The Morgan fingerprint density at radius 1 is 1.06 bits per heavy atom. The molecule has 0 saturated heterocycles. The Labute approximate surface area is 107 Å². The molecule has 2 aromatic rings. The Morgan fingerprint density at radius 2 is 1.78 bits per heavy atom. The first-order valence-corrected chi connectivity index (χ1v) is 5.95. The molecule has 3 nitrogen and oxygen atoms in total. The lowest BCUT2D eigenvalue weighted by molar-refractivity contribution is 0.340. The second-order valence-electron chi connectivity index (χ2n) is 3.74. The van der Waals surface area contributed by atoms with E-state index in [9.17, 15) is 0 Å². The average molecular weight is 240 g/mol. The number of hydrogen-bond acceptors (Lipinski definition) is 3. The van der Waals surface area contributed by atoms with Crippen LogP contribution < -0.4 is 10.2 Å². The topological polar surface area (TPSA) is 33.6 Å². The molecular weight excluding hydrogens is 224 g/mol. The molecule has 0 saturated carbocycles. The predicted molar refractivity (Wildman–Crippen MR) is 75.3 cm³/mol. The van der Waals surface area contributed by atoms with Crippen molar-refractivity contribution in [3.63, 3.8) is 0 Å². The first-order valence-electron chi connectivity index (χ1n) is 5.95. The van der Waals surface area contributed by atoms with Gasteiger partial charge in [0.2, 0.25) is 0 Å². The van der Waals surface area contributed by atoms with Gasteiger partial charge in [0.1, 0.15) is 5.75 Å². The molecule has 0 fully saturated rings. The minimum Gasteiger partial charge on any atom is -0.494 e. The summed E-state index contributed by atoms with van der Waals surface area (Å²) in [5.41, 5.74) is 4.97. The monoisotopic (exact) mass is 240 g/mol. The molecule has 0 unspecified atom stereocenters. The summed E-state index contributed by atoms with van der Waals surface area (Å²) in [5.74, 6) is 0.880. The second kappa shape index (κ2) is 6.45. The van der Waals surface area contributed by atoms with Crippen LogP contribution in [0.2, 0.25) is 0 Å². The van der Waals surface area contributed by atoms with Crippen LogP contribution in [-0.2, 0) is 0 Å². The van der Waals surface area contributed by atoms with Gasteiger partial charge in [0.25, 0.3) is 0 Å².